The number of rotatable bonds is 4. The Morgan fingerprint density at radius 3 is 2.62 bits per heavy atom. The van der Waals surface area contributed by atoms with Crippen molar-refractivity contribution in [3.05, 3.63) is 71.4 Å². The van der Waals surface area contributed by atoms with Gasteiger partial charge in [-0.3, -0.25) is 9.78 Å². The Bertz CT molecular complexity index is 1010. The van der Waals surface area contributed by atoms with Crippen LogP contribution in [0.4, 0.5) is 14.5 Å². The summed E-state index contributed by atoms with van der Waals surface area (Å²) in [6, 6.07) is 11.6. The smallest absolute Gasteiger partial charge is 0.339 e. The summed E-state index contributed by atoms with van der Waals surface area (Å²) < 4.78 is 31.0. The van der Waals surface area contributed by atoms with Gasteiger partial charge in [0.15, 0.2) is 18.2 Å². The summed E-state index contributed by atoms with van der Waals surface area (Å²) in [5.41, 5.74) is 1.65. The Balaban J connectivity index is 1.69. The zero-order valence-electron chi connectivity index (χ0n) is 13.8. The van der Waals surface area contributed by atoms with Crippen molar-refractivity contribution in [1.82, 2.24) is 4.98 Å². The van der Waals surface area contributed by atoms with Crippen molar-refractivity contribution in [2.45, 2.75) is 6.92 Å². The monoisotopic (exact) mass is 356 g/mol. The molecule has 0 saturated heterocycles. The number of carbonyl (C=O) groups excluding carboxylic acids is 2. The number of anilines is 1. The van der Waals surface area contributed by atoms with Crippen LogP contribution in [0.1, 0.15) is 16.1 Å². The minimum Gasteiger partial charge on any atom is -0.452 e. The molecule has 5 nitrogen and oxygen atoms in total. The number of esters is 1. The fourth-order valence-corrected chi connectivity index (χ4v) is 2.46. The second-order valence-electron chi connectivity index (χ2n) is 5.58. The van der Waals surface area contributed by atoms with E-state index in [1.54, 1.807) is 37.3 Å². The van der Waals surface area contributed by atoms with Crippen molar-refractivity contribution >= 4 is 28.5 Å². The van der Waals surface area contributed by atoms with Crippen molar-refractivity contribution in [1.29, 1.82) is 0 Å². The van der Waals surface area contributed by atoms with E-state index in [1.807, 2.05) is 0 Å². The predicted molar refractivity (Wildman–Crippen MR) is 91.8 cm³/mol. The van der Waals surface area contributed by atoms with Gasteiger partial charge < -0.3 is 10.1 Å². The standard InChI is InChI=1S/C19H14F2N2O3/c1-11-8-14(13-4-2-3-5-17(13)22-11)19(25)26-10-18(24)23-12-6-7-15(20)16(21)9-12/h2-9H,10H2,1H3,(H,23,24). The number of para-hydroxylation sites is 1. The molecule has 0 unspecified atom stereocenters. The highest BCUT2D eigenvalue weighted by Gasteiger charge is 2.15. The predicted octanol–water partition coefficient (Wildman–Crippen LogP) is 3.62. The molecule has 2 aromatic carbocycles. The van der Waals surface area contributed by atoms with E-state index in [1.165, 1.54) is 6.07 Å². The lowest BCUT2D eigenvalue weighted by Crippen LogP contribution is -2.21. The van der Waals surface area contributed by atoms with Gasteiger partial charge in [0.2, 0.25) is 0 Å². The minimum atomic E-state index is -1.08. The Hall–Kier alpha value is -3.35. The molecule has 0 aliphatic carbocycles. The second-order valence-corrected chi connectivity index (χ2v) is 5.58. The molecular weight excluding hydrogens is 342 g/mol. The van der Waals surface area contributed by atoms with Gasteiger partial charge in [0, 0.05) is 22.8 Å². The van der Waals surface area contributed by atoms with Crippen LogP contribution >= 0.6 is 0 Å². The molecule has 3 rings (SSSR count). The molecular formula is C19H14F2N2O3. The van der Waals surface area contributed by atoms with Gasteiger partial charge in [0.25, 0.3) is 5.91 Å². The average molecular weight is 356 g/mol. The van der Waals surface area contributed by atoms with Gasteiger partial charge in [0.05, 0.1) is 11.1 Å². The molecule has 1 aromatic heterocycles. The number of nitrogens with one attached hydrogen (secondary N) is 1. The molecule has 0 radical (unpaired) electrons. The zero-order valence-corrected chi connectivity index (χ0v) is 13.8. The van der Waals surface area contributed by atoms with Crippen LogP contribution in [0.3, 0.4) is 0 Å². The maximum atomic E-state index is 13.1. The maximum absolute atomic E-state index is 13.1. The number of aryl methyl sites for hydroxylation is 1. The number of aromatic nitrogens is 1. The molecule has 1 heterocycles. The summed E-state index contributed by atoms with van der Waals surface area (Å²) >= 11 is 0. The SMILES string of the molecule is Cc1cc(C(=O)OCC(=O)Nc2ccc(F)c(F)c2)c2ccccc2n1. The highest BCUT2D eigenvalue weighted by atomic mass is 19.2. The highest BCUT2D eigenvalue weighted by molar-refractivity contribution is 6.04. The third-order valence-electron chi connectivity index (χ3n) is 3.60. The van der Waals surface area contributed by atoms with Gasteiger partial charge in [-0.25, -0.2) is 13.6 Å². The van der Waals surface area contributed by atoms with Gasteiger partial charge >= 0.3 is 5.97 Å². The third-order valence-corrected chi connectivity index (χ3v) is 3.60. The number of hydrogen-bond acceptors (Lipinski definition) is 4. The molecule has 0 bridgehead atoms. The first-order valence-corrected chi connectivity index (χ1v) is 7.72. The first-order valence-electron chi connectivity index (χ1n) is 7.72. The van der Waals surface area contributed by atoms with Crippen LogP contribution in [0.15, 0.2) is 48.5 Å². The lowest BCUT2D eigenvalue weighted by Gasteiger charge is -2.09. The number of pyridine rings is 1. The molecule has 3 aromatic rings. The Morgan fingerprint density at radius 2 is 1.85 bits per heavy atom. The van der Waals surface area contributed by atoms with Crippen molar-refractivity contribution in [3.63, 3.8) is 0 Å². The molecule has 0 aliphatic heterocycles. The summed E-state index contributed by atoms with van der Waals surface area (Å²) in [6.45, 7) is 1.19. The van der Waals surface area contributed by atoms with Crippen LogP contribution < -0.4 is 5.32 Å². The summed E-state index contributed by atoms with van der Waals surface area (Å²) in [5.74, 6) is -3.44. The average Bonchev–Trinajstić information content (AvgIpc) is 2.62. The fraction of sp³-hybridized carbons (Fsp3) is 0.105. The Labute approximate surface area is 147 Å². The van der Waals surface area contributed by atoms with Crippen LogP contribution in [0.5, 0.6) is 0 Å². The van der Waals surface area contributed by atoms with Crippen LogP contribution in [0, 0.1) is 18.6 Å². The molecule has 0 spiro atoms. The highest BCUT2D eigenvalue weighted by Crippen LogP contribution is 2.19. The number of ether oxygens (including phenoxy) is 1. The summed E-state index contributed by atoms with van der Waals surface area (Å²) in [5, 5.41) is 2.95. The zero-order chi connectivity index (χ0) is 18.7. The topological polar surface area (TPSA) is 68.3 Å². The summed E-state index contributed by atoms with van der Waals surface area (Å²) in [6.07, 6.45) is 0. The molecule has 132 valence electrons. The molecule has 0 saturated carbocycles. The normalized spacial score (nSPS) is 10.6. The van der Waals surface area contributed by atoms with E-state index in [4.69, 9.17) is 4.74 Å². The van der Waals surface area contributed by atoms with Crippen LogP contribution in [-0.4, -0.2) is 23.5 Å². The Morgan fingerprint density at radius 1 is 1.08 bits per heavy atom. The second kappa shape index (κ2) is 7.26. The largest absolute Gasteiger partial charge is 0.452 e. The maximum Gasteiger partial charge on any atom is 0.339 e. The van der Waals surface area contributed by atoms with E-state index < -0.39 is 30.1 Å². The number of amides is 1. The number of benzene rings is 2. The van der Waals surface area contributed by atoms with E-state index >= 15 is 0 Å². The van der Waals surface area contributed by atoms with Crippen molar-refractivity contribution in [3.8, 4) is 0 Å². The first kappa shape index (κ1) is 17.5. The number of hydrogen-bond donors (Lipinski definition) is 1. The summed E-state index contributed by atoms with van der Waals surface area (Å²) in [4.78, 5) is 28.5. The van der Waals surface area contributed by atoms with Crippen LogP contribution in [-0.2, 0) is 9.53 Å². The quantitative estimate of drug-likeness (QED) is 0.725. The molecule has 7 heteroatoms. The number of carbonyl (C=O) groups is 2. The molecule has 0 aliphatic rings. The van der Waals surface area contributed by atoms with Gasteiger partial charge in [0.1, 0.15) is 0 Å². The minimum absolute atomic E-state index is 0.0650. The molecule has 0 atom stereocenters. The van der Waals surface area contributed by atoms with Crippen molar-refractivity contribution < 1.29 is 23.1 Å². The van der Waals surface area contributed by atoms with Crippen molar-refractivity contribution in [2.24, 2.45) is 0 Å². The lowest BCUT2D eigenvalue weighted by molar-refractivity contribution is -0.119. The molecule has 1 N–H and O–H groups in total. The van der Waals surface area contributed by atoms with E-state index in [0.717, 1.165) is 12.1 Å². The third kappa shape index (κ3) is 3.83. The van der Waals surface area contributed by atoms with Gasteiger partial charge in [-0.2, -0.15) is 0 Å². The van der Waals surface area contributed by atoms with Crippen molar-refractivity contribution in [2.75, 3.05) is 11.9 Å². The van der Waals surface area contributed by atoms with Gasteiger partial charge in [-0.1, -0.05) is 18.2 Å². The number of fused-ring (bicyclic) bond motifs is 1. The van der Waals surface area contributed by atoms with Gasteiger partial charge in [-0.05, 0) is 31.2 Å². The molecule has 26 heavy (non-hydrogen) atoms. The van der Waals surface area contributed by atoms with Crippen LogP contribution in [0.2, 0.25) is 0 Å². The number of halogens is 2. The van der Waals surface area contributed by atoms with E-state index in [2.05, 4.69) is 10.3 Å². The van der Waals surface area contributed by atoms with Gasteiger partial charge in [-0.15, -0.1) is 0 Å². The molecule has 0 fully saturated rings. The summed E-state index contributed by atoms with van der Waals surface area (Å²) in [7, 11) is 0. The number of nitrogens with zero attached hydrogens (tertiary/aromatic N) is 1. The van der Waals surface area contributed by atoms with E-state index in [0.29, 0.717) is 22.2 Å². The lowest BCUT2D eigenvalue weighted by atomic mass is 10.1. The van der Waals surface area contributed by atoms with E-state index in [9.17, 15) is 18.4 Å². The molecule has 1 amide bonds. The van der Waals surface area contributed by atoms with E-state index in [-0.39, 0.29) is 5.69 Å². The fourth-order valence-electron chi connectivity index (χ4n) is 2.46. The Kier molecular flexibility index (Phi) is 4.88. The first-order chi connectivity index (χ1) is 12.4. The van der Waals surface area contributed by atoms with Crippen LogP contribution in [0.25, 0.3) is 10.9 Å².